The number of amides is 1. The molecule has 0 spiro atoms. The van der Waals surface area contributed by atoms with Crippen molar-refractivity contribution in [2.45, 2.75) is 38.6 Å². The van der Waals surface area contributed by atoms with Crippen LogP contribution in [0.3, 0.4) is 0 Å². The highest BCUT2D eigenvalue weighted by Gasteiger charge is 2.21. The molecule has 1 aromatic carbocycles. The van der Waals surface area contributed by atoms with Gasteiger partial charge in [-0.25, -0.2) is 4.79 Å². The first-order chi connectivity index (χ1) is 9.19. The molecule has 1 aromatic rings. The highest BCUT2D eigenvalue weighted by Crippen LogP contribution is 2.19. The van der Waals surface area contributed by atoms with Gasteiger partial charge in [0.25, 0.3) is 0 Å². The van der Waals surface area contributed by atoms with Crippen LogP contribution in [0.2, 0.25) is 0 Å². The van der Waals surface area contributed by atoms with Crippen LogP contribution < -0.4 is 5.32 Å². The van der Waals surface area contributed by atoms with Crippen molar-refractivity contribution >= 4 is 22.0 Å². The lowest BCUT2D eigenvalue weighted by Gasteiger charge is -2.22. The Morgan fingerprint density at radius 3 is 2.35 bits per heavy atom. The third-order valence-corrected chi connectivity index (χ3v) is 2.96. The standard InChI is InChI=1S/C14H20BrNO4/c1-14(2,3)20-13(19)16-8-11(17)12(18)9-4-6-10(15)7-5-9/h4-7,11-12,17-18H,8H2,1-3H3,(H,16,19). The predicted octanol–water partition coefficient (Wildman–Crippen LogP) is 2.37. The molecule has 0 aliphatic rings. The number of benzene rings is 1. The summed E-state index contributed by atoms with van der Waals surface area (Å²) in [7, 11) is 0. The average Bonchev–Trinajstić information content (AvgIpc) is 2.34. The van der Waals surface area contributed by atoms with Crippen LogP contribution in [0.4, 0.5) is 4.79 Å². The smallest absolute Gasteiger partial charge is 0.407 e. The van der Waals surface area contributed by atoms with Crippen molar-refractivity contribution in [2.24, 2.45) is 0 Å². The largest absolute Gasteiger partial charge is 0.444 e. The van der Waals surface area contributed by atoms with Crippen molar-refractivity contribution < 1.29 is 19.7 Å². The highest BCUT2D eigenvalue weighted by atomic mass is 79.9. The Bertz CT molecular complexity index is 441. The van der Waals surface area contributed by atoms with Gasteiger partial charge in [0, 0.05) is 11.0 Å². The molecule has 0 radical (unpaired) electrons. The number of alkyl carbamates (subject to hydrolysis) is 1. The van der Waals surface area contributed by atoms with Crippen molar-refractivity contribution in [1.29, 1.82) is 0 Å². The molecule has 0 saturated carbocycles. The number of aliphatic hydroxyl groups excluding tert-OH is 2. The monoisotopic (exact) mass is 345 g/mol. The molecule has 20 heavy (non-hydrogen) atoms. The van der Waals surface area contributed by atoms with Crippen LogP contribution in [0.1, 0.15) is 32.4 Å². The second-order valence-corrected chi connectivity index (χ2v) is 6.36. The summed E-state index contributed by atoms with van der Waals surface area (Å²) in [6.07, 6.45) is -2.80. The molecule has 3 N–H and O–H groups in total. The average molecular weight is 346 g/mol. The summed E-state index contributed by atoms with van der Waals surface area (Å²) >= 11 is 3.29. The number of carbonyl (C=O) groups excluding carboxylic acids is 1. The van der Waals surface area contributed by atoms with Gasteiger partial charge in [0.15, 0.2) is 0 Å². The number of nitrogens with one attached hydrogen (secondary N) is 1. The van der Waals surface area contributed by atoms with Gasteiger partial charge in [-0.15, -0.1) is 0 Å². The zero-order valence-corrected chi connectivity index (χ0v) is 13.3. The number of carbonyl (C=O) groups is 1. The number of hydrogen-bond acceptors (Lipinski definition) is 4. The number of rotatable bonds is 4. The first kappa shape index (κ1) is 16.9. The lowest BCUT2D eigenvalue weighted by molar-refractivity contribution is 0.0129. The van der Waals surface area contributed by atoms with Gasteiger partial charge in [-0.2, -0.15) is 0 Å². The topological polar surface area (TPSA) is 78.8 Å². The third kappa shape index (κ3) is 5.90. The molecule has 1 rings (SSSR count). The van der Waals surface area contributed by atoms with Gasteiger partial charge in [-0.1, -0.05) is 28.1 Å². The maximum Gasteiger partial charge on any atom is 0.407 e. The van der Waals surface area contributed by atoms with Gasteiger partial charge in [0.1, 0.15) is 17.8 Å². The minimum absolute atomic E-state index is 0.0911. The Kier molecular flexibility index (Phi) is 5.98. The Labute approximate surface area is 127 Å². The number of halogens is 1. The zero-order valence-electron chi connectivity index (χ0n) is 11.8. The normalized spacial score (nSPS) is 14.5. The summed E-state index contributed by atoms with van der Waals surface area (Å²) in [6, 6.07) is 6.94. The molecular formula is C14H20BrNO4. The highest BCUT2D eigenvalue weighted by molar-refractivity contribution is 9.10. The van der Waals surface area contributed by atoms with Crippen molar-refractivity contribution in [2.75, 3.05) is 6.54 Å². The maximum absolute atomic E-state index is 11.4. The fourth-order valence-corrected chi connectivity index (χ4v) is 1.76. The van der Waals surface area contributed by atoms with E-state index >= 15 is 0 Å². The predicted molar refractivity (Wildman–Crippen MR) is 79.3 cm³/mol. The summed E-state index contributed by atoms with van der Waals surface area (Å²) in [4.78, 5) is 11.4. The molecule has 1 amide bonds. The lowest BCUT2D eigenvalue weighted by atomic mass is 10.0. The van der Waals surface area contributed by atoms with Crippen molar-refractivity contribution in [3.8, 4) is 0 Å². The molecule has 0 aromatic heterocycles. The fraction of sp³-hybridized carbons (Fsp3) is 0.500. The van der Waals surface area contributed by atoms with Crippen molar-refractivity contribution in [3.05, 3.63) is 34.3 Å². The molecule has 0 fully saturated rings. The summed E-state index contributed by atoms with van der Waals surface area (Å²) in [6.45, 7) is 5.16. The minimum Gasteiger partial charge on any atom is -0.444 e. The number of ether oxygens (including phenoxy) is 1. The summed E-state index contributed by atoms with van der Waals surface area (Å²) < 4.78 is 5.92. The molecule has 0 saturated heterocycles. The van der Waals surface area contributed by atoms with Crippen LogP contribution in [0.25, 0.3) is 0 Å². The minimum atomic E-state index is -1.11. The van der Waals surface area contributed by atoms with E-state index in [0.717, 1.165) is 4.47 Å². The van der Waals surface area contributed by atoms with Crippen LogP contribution >= 0.6 is 15.9 Å². The van der Waals surface area contributed by atoms with Crippen molar-refractivity contribution in [1.82, 2.24) is 5.32 Å². The summed E-state index contributed by atoms with van der Waals surface area (Å²) in [5.41, 5.74) is -0.0222. The Morgan fingerprint density at radius 1 is 1.30 bits per heavy atom. The summed E-state index contributed by atoms with van der Waals surface area (Å²) in [5.74, 6) is 0. The molecule has 112 valence electrons. The van der Waals surface area contributed by atoms with Gasteiger partial charge in [-0.05, 0) is 38.5 Å². The van der Waals surface area contributed by atoms with Crippen LogP contribution in [0.5, 0.6) is 0 Å². The summed E-state index contributed by atoms with van der Waals surface area (Å²) in [5, 5.41) is 22.2. The van der Waals surface area contributed by atoms with E-state index in [4.69, 9.17) is 4.74 Å². The second-order valence-electron chi connectivity index (χ2n) is 5.45. The molecule has 0 heterocycles. The van der Waals surface area contributed by atoms with E-state index in [0.29, 0.717) is 5.56 Å². The maximum atomic E-state index is 11.4. The molecule has 0 bridgehead atoms. The molecule has 5 nitrogen and oxygen atoms in total. The zero-order chi connectivity index (χ0) is 15.3. The van der Waals surface area contributed by atoms with Crippen LogP contribution in [0, 0.1) is 0 Å². The Balaban J connectivity index is 2.48. The lowest BCUT2D eigenvalue weighted by Crippen LogP contribution is -2.38. The Morgan fingerprint density at radius 2 is 1.85 bits per heavy atom. The van der Waals surface area contributed by atoms with Crippen LogP contribution in [-0.4, -0.2) is 34.6 Å². The van der Waals surface area contributed by atoms with Gasteiger partial charge >= 0.3 is 6.09 Å². The van der Waals surface area contributed by atoms with Gasteiger partial charge < -0.3 is 20.3 Å². The number of hydrogen-bond donors (Lipinski definition) is 3. The van der Waals surface area contributed by atoms with Gasteiger partial charge in [0.05, 0.1) is 0 Å². The van der Waals surface area contributed by atoms with E-state index in [2.05, 4.69) is 21.2 Å². The van der Waals surface area contributed by atoms with E-state index in [1.807, 2.05) is 0 Å². The van der Waals surface area contributed by atoms with E-state index in [1.165, 1.54) is 0 Å². The van der Waals surface area contributed by atoms with Crippen LogP contribution in [-0.2, 0) is 4.74 Å². The van der Waals surface area contributed by atoms with Crippen LogP contribution in [0.15, 0.2) is 28.7 Å². The van der Waals surface area contributed by atoms with E-state index < -0.39 is 23.9 Å². The third-order valence-electron chi connectivity index (χ3n) is 2.43. The van der Waals surface area contributed by atoms with E-state index in [-0.39, 0.29) is 6.54 Å². The molecule has 2 atom stereocenters. The first-order valence-corrected chi connectivity index (χ1v) is 7.07. The van der Waals surface area contributed by atoms with E-state index in [9.17, 15) is 15.0 Å². The first-order valence-electron chi connectivity index (χ1n) is 6.27. The Hall–Kier alpha value is -1.11. The second kappa shape index (κ2) is 7.06. The SMILES string of the molecule is CC(C)(C)OC(=O)NCC(O)C(O)c1ccc(Br)cc1. The quantitative estimate of drug-likeness (QED) is 0.782. The molecule has 0 aliphatic heterocycles. The fourth-order valence-electron chi connectivity index (χ4n) is 1.50. The van der Waals surface area contributed by atoms with E-state index in [1.54, 1.807) is 45.0 Å². The molecule has 2 unspecified atom stereocenters. The van der Waals surface area contributed by atoms with Gasteiger partial charge in [-0.3, -0.25) is 0 Å². The van der Waals surface area contributed by atoms with Gasteiger partial charge in [0.2, 0.25) is 0 Å². The molecule has 6 heteroatoms. The molecule has 0 aliphatic carbocycles. The number of aliphatic hydroxyl groups is 2. The molecular weight excluding hydrogens is 326 g/mol. The van der Waals surface area contributed by atoms with Crippen molar-refractivity contribution in [3.63, 3.8) is 0 Å².